The summed E-state index contributed by atoms with van der Waals surface area (Å²) in [5.41, 5.74) is 6.03. The van der Waals surface area contributed by atoms with Gasteiger partial charge in [-0.3, -0.25) is 9.59 Å². The first kappa shape index (κ1) is 15.0. The molecular formula is C13H19N3O3. The van der Waals surface area contributed by atoms with Crippen molar-refractivity contribution in [3.05, 3.63) is 24.3 Å². The fraction of sp³-hybridized carbons (Fsp3) is 0.385. The Balaban J connectivity index is 2.61. The topological polar surface area (TPSA) is 93.5 Å². The normalized spacial score (nSPS) is 11.5. The van der Waals surface area contributed by atoms with Gasteiger partial charge in [-0.1, -0.05) is 13.0 Å². The number of amides is 2. The van der Waals surface area contributed by atoms with Crippen LogP contribution in [0.1, 0.15) is 6.92 Å². The lowest BCUT2D eigenvalue weighted by atomic mass is 10.1. The van der Waals surface area contributed by atoms with Gasteiger partial charge in [-0.2, -0.15) is 0 Å². The zero-order valence-electron chi connectivity index (χ0n) is 11.1. The second-order valence-corrected chi connectivity index (χ2v) is 4.12. The molecule has 0 bridgehead atoms. The fourth-order valence-electron chi connectivity index (χ4n) is 1.26. The summed E-state index contributed by atoms with van der Waals surface area (Å²) in [6.45, 7) is 1.98. The van der Waals surface area contributed by atoms with Gasteiger partial charge in [0.1, 0.15) is 5.75 Å². The summed E-state index contributed by atoms with van der Waals surface area (Å²) in [6.07, 6.45) is 0. The minimum Gasteiger partial charge on any atom is -0.484 e. The average Bonchev–Trinajstić information content (AvgIpc) is 2.44. The molecular weight excluding hydrogens is 246 g/mol. The molecule has 19 heavy (non-hydrogen) atoms. The fourth-order valence-corrected chi connectivity index (χ4v) is 1.26. The molecule has 6 heteroatoms. The predicted octanol–water partition coefficient (Wildman–Crippen LogP) is 0.345. The SMILES string of the molecule is CNC(=O)COc1cccc(NC(=O)C(C)CN)c1. The molecule has 6 nitrogen and oxygen atoms in total. The number of rotatable bonds is 6. The van der Waals surface area contributed by atoms with Gasteiger partial charge in [0.05, 0.1) is 0 Å². The number of hydrogen-bond acceptors (Lipinski definition) is 4. The molecule has 0 heterocycles. The van der Waals surface area contributed by atoms with Gasteiger partial charge in [0.2, 0.25) is 5.91 Å². The molecule has 4 N–H and O–H groups in total. The monoisotopic (exact) mass is 265 g/mol. The second kappa shape index (κ2) is 7.38. The van der Waals surface area contributed by atoms with Crippen molar-refractivity contribution in [3.8, 4) is 5.75 Å². The van der Waals surface area contributed by atoms with Crippen LogP contribution in [-0.4, -0.2) is 32.0 Å². The van der Waals surface area contributed by atoms with E-state index >= 15 is 0 Å². The van der Waals surface area contributed by atoms with Crippen molar-refractivity contribution in [1.29, 1.82) is 0 Å². The Morgan fingerprint density at radius 1 is 1.42 bits per heavy atom. The molecule has 1 rings (SSSR count). The van der Waals surface area contributed by atoms with E-state index in [0.717, 1.165) is 0 Å². The van der Waals surface area contributed by atoms with Crippen LogP contribution in [0.4, 0.5) is 5.69 Å². The van der Waals surface area contributed by atoms with Gasteiger partial charge in [-0.25, -0.2) is 0 Å². The molecule has 1 unspecified atom stereocenters. The predicted molar refractivity (Wildman–Crippen MR) is 72.9 cm³/mol. The number of hydrogen-bond donors (Lipinski definition) is 3. The Kier molecular flexibility index (Phi) is 5.81. The molecule has 0 aliphatic heterocycles. The van der Waals surface area contributed by atoms with E-state index < -0.39 is 0 Å². The number of carbonyl (C=O) groups excluding carboxylic acids is 2. The zero-order valence-corrected chi connectivity index (χ0v) is 11.1. The third-order valence-electron chi connectivity index (χ3n) is 2.55. The standard InChI is InChI=1S/C13H19N3O3/c1-9(7-14)13(18)16-10-4-3-5-11(6-10)19-8-12(17)15-2/h3-6,9H,7-8,14H2,1-2H3,(H,15,17)(H,16,18). The number of anilines is 1. The first-order valence-electron chi connectivity index (χ1n) is 6.01. The maximum absolute atomic E-state index is 11.7. The van der Waals surface area contributed by atoms with Crippen LogP contribution in [0.15, 0.2) is 24.3 Å². The van der Waals surface area contributed by atoms with Crippen LogP contribution < -0.4 is 21.1 Å². The summed E-state index contributed by atoms with van der Waals surface area (Å²) in [5.74, 6) is -0.102. The number of benzene rings is 1. The largest absolute Gasteiger partial charge is 0.484 e. The highest BCUT2D eigenvalue weighted by atomic mass is 16.5. The van der Waals surface area contributed by atoms with Crippen molar-refractivity contribution in [2.75, 3.05) is 25.5 Å². The molecule has 0 saturated heterocycles. The van der Waals surface area contributed by atoms with Crippen LogP contribution in [0.3, 0.4) is 0 Å². The minimum absolute atomic E-state index is 0.0624. The summed E-state index contributed by atoms with van der Waals surface area (Å²) in [4.78, 5) is 22.7. The van der Waals surface area contributed by atoms with E-state index in [0.29, 0.717) is 18.0 Å². The van der Waals surface area contributed by atoms with Crippen molar-refractivity contribution in [2.24, 2.45) is 11.7 Å². The number of ether oxygens (including phenoxy) is 1. The van der Waals surface area contributed by atoms with E-state index in [1.54, 1.807) is 31.2 Å². The van der Waals surface area contributed by atoms with Crippen LogP contribution in [0.2, 0.25) is 0 Å². The molecule has 0 radical (unpaired) electrons. The van der Waals surface area contributed by atoms with E-state index in [4.69, 9.17) is 10.5 Å². The Morgan fingerprint density at radius 2 is 2.16 bits per heavy atom. The quantitative estimate of drug-likeness (QED) is 0.691. The molecule has 1 atom stereocenters. The molecule has 0 aromatic heterocycles. The van der Waals surface area contributed by atoms with Crippen molar-refractivity contribution in [1.82, 2.24) is 5.32 Å². The first-order valence-corrected chi connectivity index (χ1v) is 6.01. The van der Waals surface area contributed by atoms with Crippen LogP contribution in [-0.2, 0) is 9.59 Å². The Hall–Kier alpha value is -2.08. The van der Waals surface area contributed by atoms with Crippen molar-refractivity contribution in [2.45, 2.75) is 6.92 Å². The molecule has 2 amide bonds. The van der Waals surface area contributed by atoms with Crippen molar-refractivity contribution >= 4 is 17.5 Å². The highest BCUT2D eigenvalue weighted by Gasteiger charge is 2.11. The maximum Gasteiger partial charge on any atom is 0.257 e. The molecule has 104 valence electrons. The highest BCUT2D eigenvalue weighted by molar-refractivity contribution is 5.92. The molecule has 0 fully saturated rings. The summed E-state index contributed by atoms with van der Waals surface area (Å²) in [6, 6.07) is 6.85. The highest BCUT2D eigenvalue weighted by Crippen LogP contribution is 2.17. The average molecular weight is 265 g/mol. The number of nitrogens with one attached hydrogen (secondary N) is 2. The number of likely N-dealkylation sites (N-methyl/N-ethyl adjacent to an activating group) is 1. The lowest BCUT2D eigenvalue weighted by molar-refractivity contribution is -0.122. The van der Waals surface area contributed by atoms with Gasteiger partial charge in [-0.05, 0) is 12.1 Å². The molecule has 1 aromatic rings. The Morgan fingerprint density at radius 3 is 2.79 bits per heavy atom. The summed E-state index contributed by atoms with van der Waals surface area (Å²) in [5, 5.41) is 5.19. The van der Waals surface area contributed by atoms with Crippen LogP contribution in [0.25, 0.3) is 0 Å². The van der Waals surface area contributed by atoms with Gasteiger partial charge in [-0.15, -0.1) is 0 Å². The molecule has 0 aliphatic rings. The maximum atomic E-state index is 11.7. The number of carbonyl (C=O) groups is 2. The van der Waals surface area contributed by atoms with Gasteiger partial charge >= 0.3 is 0 Å². The van der Waals surface area contributed by atoms with Gasteiger partial charge in [0.25, 0.3) is 5.91 Å². The third kappa shape index (κ3) is 4.97. The van der Waals surface area contributed by atoms with E-state index in [1.165, 1.54) is 7.05 Å². The van der Waals surface area contributed by atoms with Gasteiger partial charge in [0.15, 0.2) is 6.61 Å². The lowest BCUT2D eigenvalue weighted by Gasteiger charge is -2.11. The van der Waals surface area contributed by atoms with E-state index in [9.17, 15) is 9.59 Å². The summed E-state index contributed by atoms with van der Waals surface area (Å²) < 4.78 is 5.28. The molecule has 0 spiro atoms. The minimum atomic E-state index is -0.254. The first-order chi connectivity index (χ1) is 9.06. The second-order valence-electron chi connectivity index (χ2n) is 4.12. The molecule has 1 aromatic carbocycles. The van der Waals surface area contributed by atoms with Gasteiger partial charge < -0.3 is 21.1 Å². The lowest BCUT2D eigenvalue weighted by Crippen LogP contribution is -2.26. The van der Waals surface area contributed by atoms with Gasteiger partial charge in [0, 0.05) is 31.3 Å². The Labute approximate surface area is 112 Å². The van der Waals surface area contributed by atoms with E-state index in [-0.39, 0.29) is 24.3 Å². The smallest absolute Gasteiger partial charge is 0.257 e. The van der Waals surface area contributed by atoms with Crippen LogP contribution in [0.5, 0.6) is 5.75 Å². The van der Waals surface area contributed by atoms with Crippen LogP contribution >= 0.6 is 0 Å². The van der Waals surface area contributed by atoms with Crippen molar-refractivity contribution in [3.63, 3.8) is 0 Å². The van der Waals surface area contributed by atoms with Crippen molar-refractivity contribution < 1.29 is 14.3 Å². The Bertz CT molecular complexity index is 449. The van der Waals surface area contributed by atoms with E-state index in [1.807, 2.05) is 0 Å². The molecule has 0 aliphatic carbocycles. The zero-order chi connectivity index (χ0) is 14.3. The summed E-state index contributed by atoms with van der Waals surface area (Å²) >= 11 is 0. The molecule has 0 saturated carbocycles. The van der Waals surface area contributed by atoms with E-state index in [2.05, 4.69) is 10.6 Å². The summed E-state index contributed by atoms with van der Waals surface area (Å²) in [7, 11) is 1.54. The third-order valence-corrected chi connectivity index (χ3v) is 2.55. The van der Waals surface area contributed by atoms with Crippen LogP contribution in [0, 0.1) is 5.92 Å². The number of nitrogens with two attached hydrogens (primary N) is 1.